The van der Waals surface area contributed by atoms with Crippen LogP contribution >= 0.6 is 15.9 Å². The molecular weight excluding hydrogens is 709 g/mol. The van der Waals surface area contributed by atoms with Crippen molar-refractivity contribution in [3.8, 4) is 0 Å². The van der Waals surface area contributed by atoms with Gasteiger partial charge in [0.15, 0.2) is 9.84 Å². The predicted octanol–water partition coefficient (Wildman–Crippen LogP) is 8.24. The summed E-state index contributed by atoms with van der Waals surface area (Å²) in [5.41, 5.74) is -6.52. The number of sulfone groups is 1. The largest absolute Gasteiger partial charge is 0.417 e. The Morgan fingerprint density at radius 1 is 0.884 bits per heavy atom. The van der Waals surface area contributed by atoms with Gasteiger partial charge in [0, 0.05) is 16.1 Å². The van der Waals surface area contributed by atoms with Gasteiger partial charge in [0.2, 0.25) is 0 Å². The molecule has 1 amide bonds. The third kappa shape index (κ3) is 10.4. The zero-order chi connectivity index (χ0) is 33.3. The Labute approximate surface area is 243 Å². The molecule has 0 aliphatic rings. The van der Waals surface area contributed by atoms with E-state index in [0.717, 1.165) is 6.92 Å². The fourth-order valence-corrected chi connectivity index (χ4v) is 5.82. The Kier molecular flexibility index (Phi) is 10.7. The van der Waals surface area contributed by atoms with Gasteiger partial charge in [-0.3, -0.25) is 4.79 Å². The number of nitrogens with one attached hydrogen (secondary N) is 1. The fourth-order valence-electron chi connectivity index (χ4n) is 3.73. The molecule has 2 rings (SSSR count). The summed E-state index contributed by atoms with van der Waals surface area (Å²) < 4.78 is 196. The van der Waals surface area contributed by atoms with E-state index in [9.17, 15) is 70.3 Å². The number of rotatable bonds is 8. The van der Waals surface area contributed by atoms with Crippen LogP contribution in [0, 0.1) is 0 Å². The molecular formula is C24H17BrF13NO3S. The molecule has 0 spiro atoms. The second kappa shape index (κ2) is 12.6. The van der Waals surface area contributed by atoms with Crippen LogP contribution in [0.25, 0.3) is 5.83 Å². The normalized spacial score (nSPS) is 15.3. The molecule has 2 aromatic carbocycles. The first-order valence-corrected chi connectivity index (χ1v) is 13.9. The SMILES string of the molecule is C[C@H](CS(=O)(=O)CC(F)(F)F)NC(=O)c1ccc(/C(F)=C/C(c2ccc(C(F)(F)F)c(Br)c2)C(F)(F)F)cc1C(F)(F)F. The highest BCUT2D eigenvalue weighted by molar-refractivity contribution is 9.10. The first-order chi connectivity index (χ1) is 19.2. The van der Waals surface area contributed by atoms with Crippen molar-refractivity contribution in [1.82, 2.24) is 5.32 Å². The van der Waals surface area contributed by atoms with Gasteiger partial charge in [-0.05, 0) is 42.8 Å². The summed E-state index contributed by atoms with van der Waals surface area (Å²) >= 11 is 2.48. The van der Waals surface area contributed by atoms with Gasteiger partial charge in [-0.2, -0.15) is 52.7 Å². The van der Waals surface area contributed by atoms with E-state index in [2.05, 4.69) is 15.9 Å². The Morgan fingerprint density at radius 2 is 1.44 bits per heavy atom. The lowest BCUT2D eigenvalue weighted by Crippen LogP contribution is -2.40. The number of halogens is 14. The lowest BCUT2D eigenvalue weighted by molar-refractivity contribution is -0.140. The second-order valence-electron chi connectivity index (χ2n) is 9.07. The van der Waals surface area contributed by atoms with Crippen LogP contribution in [0.3, 0.4) is 0 Å². The molecule has 1 unspecified atom stereocenters. The highest BCUT2D eigenvalue weighted by atomic mass is 79.9. The minimum Gasteiger partial charge on any atom is -0.349 e. The molecule has 0 heterocycles. The first kappa shape index (κ1) is 36.4. The number of allylic oxidation sites excluding steroid dienone is 1. The smallest absolute Gasteiger partial charge is 0.349 e. The Bertz CT molecular complexity index is 1480. The standard InChI is InChI=1S/C24H17BrF13NO3S/c1-11(9-43(41,42)10-21(27,28)29)39-20(40)14-4-2-13(6-17(14)24(36,37)38)19(26)8-16(23(33,34)35)12-3-5-15(18(25)7-12)22(30,31)32/h2-8,11,16H,9-10H2,1H3,(H,39,40)/b19-8-/t11-,16?/m1/s1. The van der Waals surface area contributed by atoms with Gasteiger partial charge in [0.1, 0.15) is 17.5 Å². The third-order valence-electron chi connectivity index (χ3n) is 5.43. The van der Waals surface area contributed by atoms with Gasteiger partial charge < -0.3 is 5.32 Å². The van der Waals surface area contributed by atoms with Crippen LogP contribution in [-0.2, 0) is 22.2 Å². The number of hydrogen-bond acceptors (Lipinski definition) is 3. The summed E-state index contributed by atoms with van der Waals surface area (Å²) in [5.74, 6) is -10.0. The van der Waals surface area contributed by atoms with Crippen molar-refractivity contribution in [2.75, 3.05) is 11.5 Å². The summed E-state index contributed by atoms with van der Waals surface area (Å²) in [6.07, 6.45) is -21.0. The second-order valence-corrected chi connectivity index (χ2v) is 12.0. The molecule has 0 aliphatic carbocycles. The van der Waals surface area contributed by atoms with Crippen LogP contribution in [-0.4, -0.2) is 44.2 Å². The lowest BCUT2D eigenvalue weighted by atomic mass is 9.94. The average molecular weight is 726 g/mol. The number of carbonyl (C=O) groups excluding carboxylic acids is 1. The highest BCUT2D eigenvalue weighted by Crippen LogP contribution is 2.42. The van der Waals surface area contributed by atoms with Crippen LogP contribution in [0.15, 0.2) is 46.9 Å². The zero-order valence-electron chi connectivity index (χ0n) is 21.0. The molecule has 0 saturated carbocycles. The van der Waals surface area contributed by atoms with Gasteiger partial charge in [-0.15, -0.1) is 0 Å². The van der Waals surface area contributed by atoms with Crippen molar-refractivity contribution in [3.05, 3.63) is 74.8 Å². The van der Waals surface area contributed by atoms with E-state index in [0.29, 0.717) is 24.3 Å². The summed E-state index contributed by atoms with van der Waals surface area (Å²) in [7, 11) is -4.85. The molecule has 4 nitrogen and oxygen atoms in total. The van der Waals surface area contributed by atoms with Gasteiger partial charge in [-0.25, -0.2) is 12.8 Å². The fraction of sp³-hybridized carbons (Fsp3) is 0.375. The number of alkyl halides is 12. The van der Waals surface area contributed by atoms with Crippen LogP contribution in [0.4, 0.5) is 57.1 Å². The molecule has 19 heteroatoms. The molecule has 0 radical (unpaired) electrons. The van der Waals surface area contributed by atoms with E-state index < -0.39 is 102 Å². The van der Waals surface area contributed by atoms with Gasteiger partial charge in [-0.1, -0.05) is 28.1 Å². The van der Waals surface area contributed by atoms with Crippen LogP contribution in [0.1, 0.15) is 45.5 Å². The molecule has 0 aliphatic heterocycles. The van der Waals surface area contributed by atoms with Crippen molar-refractivity contribution in [2.24, 2.45) is 0 Å². The van der Waals surface area contributed by atoms with E-state index in [1.165, 1.54) is 0 Å². The zero-order valence-corrected chi connectivity index (χ0v) is 23.4. The Hall–Kier alpha value is -2.83. The summed E-state index contributed by atoms with van der Waals surface area (Å²) in [4.78, 5) is 12.4. The van der Waals surface area contributed by atoms with Crippen LogP contribution in [0.5, 0.6) is 0 Å². The van der Waals surface area contributed by atoms with Crippen LogP contribution in [0.2, 0.25) is 0 Å². The number of amides is 1. The van der Waals surface area contributed by atoms with Gasteiger partial charge in [0.05, 0.1) is 22.4 Å². The highest BCUT2D eigenvalue weighted by Gasteiger charge is 2.42. The third-order valence-corrected chi connectivity index (χ3v) is 7.86. The van der Waals surface area contributed by atoms with Crippen LogP contribution < -0.4 is 5.32 Å². The summed E-state index contributed by atoms with van der Waals surface area (Å²) in [6, 6.07) is 0.242. The lowest BCUT2D eigenvalue weighted by Gasteiger charge is -2.20. The number of hydrogen-bond donors (Lipinski definition) is 1. The molecule has 2 atom stereocenters. The van der Waals surface area contributed by atoms with Gasteiger partial charge in [0.25, 0.3) is 5.91 Å². The maximum absolute atomic E-state index is 14.9. The van der Waals surface area contributed by atoms with E-state index in [1.54, 1.807) is 5.32 Å². The molecule has 0 aromatic heterocycles. The number of benzene rings is 2. The van der Waals surface area contributed by atoms with Gasteiger partial charge >= 0.3 is 24.7 Å². The molecule has 1 N–H and O–H groups in total. The molecule has 43 heavy (non-hydrogen) atoms. The van der Waals surface area contributed by atoms with E-state index in [1.807, 2.05) is 0 Å². The molecule has 0 fully saturated rings. The predicted molar refractivity (Wildman–Crippen MR) is 130 cm³/mol. The van der Waals surface area contributed by atoms with Crippen molar-refractivity contribution < 1.29 is 70.3 Å². The maximum Gasteiger partial charge on any atom is 0.417 e. The quantitative estimate of drug-likeness (QED) is 0.279. The minimum atomic E-state index is -5.43. The van der Waals surface area contributed by atoms with E-state index >= 15 is 0 Å². The topological polar surface area (TPSA) is 63.2 Å². The average Bonchev–Trinajstić information content (AvgIpc) is 2.77. The Morgan fingerprint density at radius 3 is 1.91 bits per heavy atom. The molecule has 0 saturated heterocycles. The molecule has 240 valence electrons. The van der Waals surface area contributed by atoms with Crippen molar-refractivity contribution in [2.45, 2.75) is 43.6 Å². The van der Waals surface area contributed by atoms with E-state index in [4.69, 9.17) is 0 Å². The number of carbonyl (C=O) groups is 1. The molecule has 0 bridgehead atoms. The minimum absolute atomic E-state index is 0.0398. The Balaban J connectivity index is 2.47. The molecule has 2 aromatic rings. The maximum atomic E-state index is 14.9. The van der Waals surface area contributed by atoms with Crippen molar-refractivity contribution >= 4 is 37.5 Å². The summed E-state index contributed by atoms with van der Waals surface area (Å²) in [6.45, 7) is 0.882. The van der Waals surface area contributed by atoms with E-state index in [-0.39, 0.29) is 18.2 Å². The monoisotopic (exact) mass is 725 g/mol. The van der Waals surface area contributed by atoms with Crippen molar-refractivity contribution in [3.63, 3.8) is 0 Å². The van der Waals surface area contributed by atoms with Crippen molar-refractivity contribution in [1.29, 1.82) is 0 Å². The summed E-state index contributed by atoms with van der Waals surface area (Å²) in [5, 5.41) is 1.77. The first-order valence-electron chi connectivity index (χ1n) is 11.3.